The van der Waals surface area contributed by atoms with Gasteiger partial charge in [0.1, 0.15) is 5.82 Å². The summed E-state index contributed by atoms with van der Waals surface area (Å²) in [5.74, 6) is -0.241. The molecule has 0 spiro atoms. The van der Waals surface area contributed by atoms with Gasteiger partial charge in [0, 0.05) is 55.2 Å². The Morgan fingerprint density at radius 1 is 1.29 bits per heavy atom. The Labute approximate surface area is 128 Å². The highest BCUT2D eigenvalue weighted by molar-refractivity contribution is 6.30. The van der Waals surface area contributed by atoms with Gasteiger partial charge >= 0.3 is 0 Å². The number of hydrogen-bond acceptors (Lipinski definition) is 3. The van der Waals surface area contributed by atoms with Crippen LogP contribution in [0.3, 0.4) is 0 Å². The fraction of sp³-hybridized carbons (Fsp3) is 0.312. The second-order valence-corrected chi connectivity index (χ2v) is 5.64. The summed E-state index contributed by atoms with van der Waals surface area (Å²) in [5, 5.41) is 3.83. The molecular weight excluding hydrogens is 289 g/mol. The highest BCUT2D eigenvalue weighted by atomic mass is 35.5. The van der Waals surface area contributed by atoms with E-state index in [1.54, 1.807) is 24.5 Å². The molecule has 1 aromatic heterocycles. The molecule has 0 bridgehead atoms. The molecule has 0 radical (unpaired) electrons. The Hall–Kier alpha value is -1.49. The third kappa shape index (κ3) is 3.40. The van der Waals surface area contributed by atoms with Crippen LogP contribution in [0.25, 0.3) is 0 Å². The van der Waals surface area contributed by atoms with Crippen molar-refractivity contribution in [2.75, 3.05) is 19.6 Å². The SMILES string of the molecule is Fc1cc(Cl)ccc1CN1CCNCC1c1ccncc1. The van der Waals surface area contributed by atoms with Gasteiger partial charge in [-0.3, -0.25) is 9.88 Å². The second kappa shape index (κ2) is 6.52. The van der Waals surface area contributed by atoms with Gasteiger partial charge in [-0.1, -0.05) is 17.7 Å². The van der Waals surface area contributed by atoms with Crippen molar-refractivity contribution < 1.29 is 4.39 Å². The van der Waals surface area contributed by atoms with Crippen molar-refractivity contribution in [2.45, 2.75) is 12.6 Å². The molecule has 1 saturated heterocycles. The lowest BCUT2D eigenvalue weighted by molar-refractivity contribution is 0.152. The Morgan fingerprint density at radius 3 is 2.86 bits per heavy atom. The zero-order chi connectivity index (χ0) is 14.7. The van der Waals surface area contributed by atoms with Crippen molar-refractivity contribution in [3.8, 4) is 0 Å². The van der Waals surface area contributed by atoms with E-state index in [0.717, 1.165) is 19.6 Å². The van der Waals surface area contributed by atoms with Crippen molar-refractivity contribution in [1.82, 2.24) is 15.2 Å². The molecule has 110 valence electrons. The van der Waals surface area contributed by atoms with Gasteiger partial charge in [0.25, 0.3) is 0 Å². The van der Waals surface area contributed by atoms with E-state index in [2.05, 4.69) is 15.2 Å². The van der Waals surface area contributed by atoms with Crippen LogP contribution in [0.2, 0.25) is 5.02 Å². The molecule has 1 atom stereocenters. The van der Waals surface area contributed by atoms with E-state index in [0.29, 0.717) is 17.1 Å². The molecule has 2 aromatic rings. The van der Waals surface area contributed by atoms with E-state index >= 15 is 0 Å². The molecule has 1 aliphatic heterocycles. The molecule has 1 aromatic carbocycles. The van der Waals surface area contributed by atoms with Crippen molar-refractivity contribution >= 4 is 11.6 Å². The molecule has 0 aliphatic carbocycles. The quantitative estimate of drug-likeness (QED) is 0.945. The average molecular weight is 306 g/mol. The Kier molecular flexibility index (Phi) is 4.48. The molecule has 0 saturated carbocycles. The number of halogens is 2. The van der Waals surface area contributed by atoms with Crippen molar-refractivity contribution in [3.05, 3.63) is 64.7 Å². The lowest BCUT2D eigenvalue weighted by atomic mass is 10.0. The van der Waals surface area contributed by atoms with Crippen LogP contribution in [-0.2, 0) is 6.54 Å². The van der Waals surface area contributed by atoms with Crippen molar-refractivity contribution in [2.24, 2.45) is 0 Å². The van der Waals surface area contributed by atoms with E-state index in [-0.39, 0.29) is 11.9 Å². The third-order valence-electron chi connectivity index (χ3n) is 3.83. The largest absolute Gasteiger partial charge is 0.314 e. The summed E-state index contributed by atoms with van der Waals surface area (Å²) in [4.78, 5) is 6.35. The highest BCUT2D eigenvalue weighted by Gasteiger charge is 2.24. The summed E-state index contributed by atoms with van der Waals surface area (Å²) >= 11 is 5.81. The molecule has 3 nitrogen and oxygen atoms in total. The Bertz CT molecular complexity index is 606. The number of aromatic nitrogens is 1. The van der Waals surface area contributed by atoms with Crippen LogP contribution in [0, 0.1) is 5.82 Å². The van der Waals surface area contributed by atoms with Gasteiger partial charge in [-0.25, -0.2) is 4.39 Å². The Balaban J connectivity index is 1.81. The standard InChI is InChI=1S/C16H17ClFN3/c17-14-2-1-13(15(18)9-14)11-21-8-7-20-10-16(21)12-3-5-19-6-4-12/h1-6,9,16,20H,7-8,10-11H2. The zero-order valence-electron chi connectivity index (χ0n) is 11.6. The molecule has 0 amide bonds. The van der Waals surface area contributed by atoms with Crippen LogP contribution in [0.4, 0.5) is 4.39 Å². The van der Waals surface area contributed by atoms with Gasteiger partial charge in [-0.05, 0) is 29.8 Å². The topological polar surface area (TPSA) is 28.2 Å². The smallest absolute Gasteiger partial charge is 0.129 e. The van der Waals surface area contributed by atoms with Crippen LogP contribution >= 0.6 is 11.6 Å². The highest BCUT2D eigenvalue weighted by Crippen LogP contribution is 2.25. The number of pyridine rings is 1. The minimum absolute atomic E-state index is 0.233. The summed E-state index contributed by atoms with van der Waals surface area (Å²) in [6, 6.07) is 9.15. The number of hydrogen-bond donors (Lipinski definition) is 1. The maximum atomic E-state index is 14.0. The minimum atomic E-state index is -0.241. The van der Waals surface area contributed by atoms with E-state index in [1.807, 2.05) is 12.1 Å². The average Bonchev–Trinajstić information content (AvgIpc) is 2.51. The summed E-state index contributed by atoms with van der Waals surface area (Å²) in [6.45, 7) is 3.24. The van der Waals surface area contributed by atoms with Crippen molar-refractivity contribution in [1.29, 1.82) is 0 Å². The van der Waals surface area contributed by atoms with Crippen LogP contribution in [0.1, 0.15) is 17.2 Å². The van der Waals surface area contributed by atoms with Gasteiger partial charge in [-0.2, -0.15) is 0 Å². The summed E-state index contributed by atoms with van der Waals surface area (Å²) < 4.78 is 14.0. The number of rotatable bonds is 3. The lowest BCUT2D eigenvalue weighted by Crippen LogP contribution is -2.45. The molecule has 3 rings (SSSR count). The monoisotopic (exact) mass is 305 g/mol. The first-order valence-electron chi connectivity index (χ1n) is 7.02. The maximum Gasteiger partial charge on any atom is 0.129 e. The van der Waals surface area contributed by atoms with Crippen LogP contribution in [-0.4, -0.2) is 29.5 Å². The first kappa shape index (κ1) is 14.4. The van der Waals surface area contributed by atoms with Crippen molar-refractivity contribution in [3.63, 3.8) is 0 Å². The number of nitrogens with zero attached hydrogens (tertiary/aromatic N) is 2. The Morgan fingerprint density at radius 2 is 2.10 bits per heavy atom. The molecule has 1 unspecified atom stereocenters. The first-order chi connectivity index (χ1) is 10.2. The predicted octanol–water partition coefficient (Wildman–Crippen LogP) is 3.02. The first-order valence-corrected chi connectivity index (χ1v) is 7.40. The van der Waals surface area contributed by atoms with Gasteiger partial charge in [0.2, 0.25) is 0 Å². The van der Waals surface area contributed by atoms with E-state index in [4.69, 9.17) is 11.6 Å². The molecule has 5 heteroatoms. The summed E-state index contributed by atoms with van der Waals surface area (Å²) in [6.07, 6.45) is 3.59. The molecule has 21 heavy (non-hydrogen) atoms. The number of piperazine rings is 1. The fourth-order valence-electron chi connectivity index (χ4n) is 2.72. The van der Waals surface area contributed by atoms with Gasteiger partial charge in [0.15, 0.2) is 0 Å². The molecular formula is C16H17ClFN3. The lowest BCUT2D eigenvalue weighted by Gasteiger charge is -2.36. The summed E-state index contributed by atoms with van der Waals surface area (Å²) in [5.41, 5.74) is 1.88. The van der Waals surface area contributed by atoms with Gasteiger partial charge in [0.05, 0.1) is 0 Å². The van der Waals surface area contributed by atoms with Gasteiger partial charge in [-0.15, -0.1) is 0 Å². The molecule has 1 N–H and O–H groups in total. The molecule has 1 fully saturated rings. The summed E-state index contributed by atoms with van der Waals surface area (Å²) in [7, 11) is 0. The number of nitrogens with one attached hydrogen (secondary N) is 1. The third-order valence-corrected chi connectivity index (χ3v) is 4.07. The predicted molar refractivity (Wildman–Crippen MR) is 81.7 cm³/mol. The van der Waals surface area contributed by atoms with Gasteiger partial charge < -0.3 is 5.32 Å². The van der Waals surface area contributed by atoms with Crippen LogP contribution < -0.4 is 5.32 Å². The zero-order valence-corrected chi connectivity index (χ0v) is 12.4. The van der Waals surface area contributed by atoms with Crippen LogP contribution in [0.5, 0.6) is 0 Å². The molecule has 1 aliphatic rings. The van der Waals surface area contributed by atoms with E-state index in [9.17, 15) is 4.39 Å². The minimum Gasteiger partial charge on any atom is -0.314 e. The van der Waals surface area contributed by atoms with E-state index in [1.165, 1.54) is 11.6 Å². The normalized spacial score (nSPS) is 19.6. The fourth-order valence-corrected chi connectivity index (χ4v) is 2.88. The number of benzene rings is 1. The van der Waals surface area contributed by atoms with Crippen LogP contribution in [0.15, 0.2) is 42.7 Å². The van der Waals surface area contributed by atoms with E-state index < -0.39 is 0 Å². The molecule has 2 heterocycles. The second-order valence-electron chi connectivity index (χ2n) is 5.21. The maximum absolute atomic E-state index is 14.0.